The molecule has 4 rings (SSSR count). The molecule has 0 bridgehead atoms. The molecule has 7 heteroatoms. The monoisotopic (exact) mass is 431 g/mol. The van der Waals surface area contributed by atoms with Crippen LogP contribution in [0.3, 0.4) is 0 Å². The van der Waals surface area contributed by atoms with Gasteiger partial charge in [-0.2, -0.15) is 26.3 Å². The van der Waals surface area contributed by atoms with Gasteiger partial charge in [0.2, 0.25) is 0 Å². The summed E-state index contributed by atoms with van der Waals surface area (Å²) < 4.78 is 79.0. The zero-order chi connectivity index (χ0) is 22.2. The van der Waals surface area contributed by atoms with E-state index in [9.17, 15) is 26.3 Å². The van der Waals surface area contributed by atoms with Crippen molar-refractivity contribution < 1.29 is 26.3 Å². The predicted octanol–water partition coefficient (Wildman–Crippen LogP) is 7.53. The second kappa shape index (κ2) is 7.72. The Labute approximate surface area is 174 Å². The van der Waals surface area contributed by atoms with E-state index >= 15 is 0 Å². The minimum absolute atomic E-state index is 0.162. The summed E-state index contributed by atoms with van der Waals surface area (Å²) in [4.78, 5) is 4.09. The summed E-state index contributed by atoms with van der Waals surface area (Å²) in [7, 11) is 0. The number of benzene rings is 3. The molecule has 0 spiro atoms. The largest absolute Gasteiger partial charge is 0.418 e. The number of alkyl halides is 6. The van der Waals surface area contributed by atoms with Crippen molar-refractivity contribution in [3.05, 3.63) is 101 Å². The lowest BCUT2D eigenvalue weighted by Crippen LogP contribution is -2.07. The molecular formula is C24H15F6N. The van der Waals surface area contributed by atoms with Crippen LogP contribution in [0.4, 0.5) is 26.3 Å². The van der Waals surface area contributed by atoms with Crippen LogP contribution in [-0.2, 0) is 18.8 Å². The summed E-state index contributed by atoms with van der Waals surface area (Å²) in [5.41, 5.74) is 0.753. The van der Waals surface area contributed by atoms with Gasteiger partial charge in [0.15, 0.2) is 0 Å². The van der Waals surface area contributed by atoms with Crippen LogP contribution in [0.15, 0.2) is 79.0 Å². The zero-order valence-corrected chi connectivity index (χ0v) is 15.9. The Hall–Kier alpha value is -3.35. The molecule has 0 aliphatic carbocycles. The van der Waals surface area contributed by atoms with E-state index in [2.05, 4.69) is 4.98 Å². The summed E-state index contributed by atoms with van der Waals surface area (Å²) in [5.74, 6) is 0. The quantitative estimate of drug-likeness (QED) is 0.306. The Bertz CT molecular complexity index is 1210. The van der Waals surface area contributed by atoms with Gasteiger partial charge in [-0.05, 0) is 46.9 Å². The van der Waals surface area contributed by atoms with Crippen molar-refractivity contribution in [2.24, 2.45) is 0 Å². The number of aromatic nitrogens is 1. The lowest BCUT2D eigenvalue weighted by molar-refractivity contribution is -0.138. The SMILES string of the molecule is FC(F)(F)c1ccc(Cc2cnc3c(C(F)(F)F)cccc3c2-c2ccccc2)cc1. The third kappa shape index (κ3) is 4.26. The van der Waals surface area contributed by atoms with E-state index in [1.807, 2.05) is 0 Å². The number of nitrogens with zero attached hydrogens (tertiary/aromatic N) is 1. The Morgan fingerprint density at radius 1 is 0.677 bits per heavy atom. The first-order valence-corrected chi connectivity index (χ1v) is 9.34. The van der Waals surface area contributed by atoms with E-state index < -0.39 is 23.5 Å². The molecule has 0 unspecified atom stereocenters. The predicted molar refractivity (Wildman–Crippen MR) is 106 cm³/mol. The highest BCUT2D eigenvalue weighted by molar-refractivity contribution is 5.97. The van der Waals surface area contributed by atoms with Gasteiger partial charge in [0.05, 0.1) is 16.6 Å². The van der Waals surface area contributed by atoms with Crippen LogP contribution in [0, 0.1) is 0 Å². The fourth-order valence-corrected chi connectivity index (χ4v) is 3.60. The highest BCUT2D eigenvalue weighted by Crippen LogP contribution is 2.39. The second-order valence-corrected chi connectivity index (χ2v) is 7.10. The molecule has 1 nitrogen and oxygen atoms in total. The van der Waals surface area contributed by atoms with Gasteiger partial charge < -0.3 is 0 Å². The number of fused-ring (bicyclic) bond motifs is 1. The Morgan fingerprint density at radius 2 is 1.35 bits per heavy atom. The number of hydrogen-bond acceptors (Lipinski definition) is 1. The fraction of sp³-hybridized carbons (Fsp3) is 0.125. The number of para-hydroxylation sites is 1. The average molecular weight is 431 g/mol. The van der Waals surface area contributed by atoms with E-state index in [0.717, 1.165) is 18.2 Å². The Balaban J connectivity index is 1.88. The molecule has 1 heterocycles. The van der Waals surface area contributed by atoms with Gasteiger partial charge in [0.25, 0.3) is 0 Å². The molecule has 0 saturated heterocycles. The van der Waals surface area contributed by atoms with E-state index in [4.69, 9.17) is 0 Å². The van der Waals surface area contributed by atoms with Crippen LogP contribution in [0.25, 0.3) is 22.0 Å². The third-order valence-electron chi connectivity index (χ3n) is 5.02. The van der Waals surface area contributed by atoms with E-state index in [1.54, 1.807) is 36.4 Å². The first-order chi connectivity index (χ1) is 14.6. The molecule has 0 N–H and O–H groups in total. The van der Waals surface area contributed by atoms with Crippen LogP contribution in [0.1, 0.15) is 22.3 Å². The fourth-order valence-electron chi connectivity index (χ4n) is 3.60. The standard InChI is InChI=1S/C24H15F6N/c25-23(26,27)18-11-9-15(10-12-18)13-17-14-31-22-19(7-4-8-20(22)24(28,29)30)21(17)16-5-2-1-3-6-16/h1-12,14H,13H2. The molecular weight excluding hydrogens is 416 g/mol. The van der Waals surface area contributed by atoms with Crippen molar-refractivity contribution in [2.45, 2.75) is 18.8 Å². The van der Waals surface area contributed by atoms with Gasteiger partial charge in [0, 0.05) is 11.6 Å². The first kappa shape index (κ1) is 20.9. The van der Waals surface area contributed by atoms with Gasteiger partial charge in [-0.3, -0.25) is 4.98 Å². The zero-order valence-electron chi connectivity index (χ0n) is 15.9. The molecule has 0 saturated carbocycles. The molecule has 0 amide bonds. The molecule has 158 valence electrons. The van der Waals surface area contributed by atoms with Gasteiger partial charge in [-0.25, -0.2) is 0 Å². The van der Waals surface area contributed by atoms with Crippen molar-refractivity contribution in [3.63, 3.8) is 0 Å². The average Bonchev–Trinajstić information content (AvgIpc) is 2.73. The van der Waals surface area contributed by atoms with Crippen molar-refractivity contribution >= 4 is 10.9 Å². The summed E-state index contributed by atoms with van der Waals surface area (Å²) in [6.45, 7) is 0. The van der Waals surface area contributed by atoms with Crippen LogP contribution in [0.5, 0.6) is 0 Å². The Morgan fingerprint density at radius 3 is 1.97 bits per heavy atom. The van der Waals surface area contributed by atoms with Crippen LogP contribution < -0.4 is 0 Å². The molecule has 1 aromatic heterocycles. The minimum atomic E-state index is -4.56. The number of pyridine rings is 1. The van der Waals surface area contributed by atoms with E-state index in [-0.39, 0.29) is 11.9 Å². The lowest BCUT2D eigenvalue weighted by Gasteiger charge is -2.16. The first-order valence-electron chi connectivity index (χ1n) is 9.34. The van der Waals surface area contributed by atoms with Crippen LogP contribution in [0.2, 0.25) is 0 Å². The maximum Gasteiger partial charge on any atom is 0.418 e. The smallest absolute Gasteiger partial charge is 0.255 e. The molecule has 0 radical (unpaired) electrons. The highest BCUT2D eigenvalue weighted by atomic mass is 19.4. The molecule has 0 atom stereocenters. The van der Waals surface area contributed by atoms with Crippen LogP contribution >= 0.6 is 0 Å². The molecule has 3 aromatic carbocycles. The van der Waals surface area contributed by atoms with Gasteiger partial charge in [-0.1, -0.05) is 54.6 Å². The van der Waals surface area contributed by atoms with Crippen molar-refractivity contribution in [1.82, 2.24) is 4.98 Å². The molecule has 0 aliphatic rings. The number of rotatable bonds is 3. The van der Waals surface area contributed by atoms with Gasteiger partial charge in [0.1, 0.15) is 0 Å². The molecule has 0 fully saturated rings. The Kier molecular flexibility index (Phi) is 5.21. The summed E-state index contributed by atoms with van der Waals surface area (Å²) in [6, 6.07) is 17.5. The molecule has 4 aromatic rings. The highest BCUT2D eigenvalue weighted by Gasteiger charge is 2.34. The normalized spacial score (nSPS) is 12.3. The summed E-state index contributed by atoms with van der Waals surface area (Å²) in [5, 5.41) is 0.338. The third-order valence-corrected chi connectivity index (χ3v) is 5.02. The van der Waals surface area contributed by atoms with Gasteiger partial charge in [-0.15, -0.1) is 0 Å². The van der Waals surface area contributed by atoms with Crippen LogP contribution in [-0.4, -0.2) is 4.98 Å². The number of hydrogen-bond donors (Lipinski definition) is 0. The van der Waals surface area contributed by atoms with Crippen molar-refractivity contribution in [2.75, 3.05) is 0 Å². The topological polar surface area (TPSA) is 12.9 Å². The minimum Gasteiger partial charge on any atom is -0.255 e. The van der Waals surface area contributed by atoms with Gasteiger partial charge >= 0.3 is 12.4 Å². The maximum atomic E-state index is 13.5. The number of halogens is 6. The van der Waals surface area contributed by atoms with E-state index in [0.29, 0.717) is 27.6 Å². The summed E-state index contributed by atoms with van der Waals surface area (Å²) >= 11 is 0. The summed E-state index contributed by atoms with van der Waals surface area (Å²) in [6.07, 6.45) is -7.40. The van der Waals surface area contributed by atoms with E-state index in [1.165, 1.54) is 24.4 Å². The maximum absolute atomic E-state index is 13.5. The molecule has 31 heavy (non-hydrogen) atoms. The lowest BCUT2D eigenvalue weighted by atomic mass is 9.91. The molecule has 0 aliphatic heterocycles. The second-order valence-electron chi connectivity index (χ2n) is 7.10. The van der Waals surface area contributed by atoms with Crippen molar-refractivity contribution in [1.29, 1.82) is 0 Å². The van der Waals surface area contributed by atoms with Crippen molar-refractivity contribution in [3.8, 4) is 11.1 Å².